The zero-order valence-electron chi connectivity index (χ0n) is 49.1. The van der Waals surface area contributed by atoms with Crippen LogP contribution in [0.15, 0.2) is 133 Å². The average molecular weight is 1180 g/mol. The largest absolute Gasteiger partial charge is 0.496 e. The highest BCUT2D eigenvalue weighted by molar-refractivity contribution is 9.10. The van der Waals surface area contributed by atoms with Gasteiger partial charge in [-0.3, -0.25) is 19.7 Å². The number of fused-ring (bicyclic) bond motifs is 1. The number of nitrogens with one attached hydrogen (secondary N) is 1. The van der Waals surface area contributed by atoms with Crippen molar-refractivity contribution in [3.05, 3.63) is 155 Å². The number of ether oxygens (including phenoxy) is 2. The van der Waals surface area contributed by atoms with E-state index in [0.29, 0.717) is 59.1 Å². The van der Waals surface area contributed by atoms with Gasteiger partial charge in [0, 0.05) is 71.0 Å². The number of benzene rings is 2. The van der Waals surface area contributed by atoms with Crippen LogP contribution in [0.1, 0.15) is 134 Å². The van der Waals surface area contributed by atoms with Crippen LogP contribution in [0.3, 0.4) is 0 Å². The van der Waals surface area contributed by atoms with Gasteiger partial charge in [-0.1, -0.05) is 60.7 Å². The van der Waals surface area contributed by atoms with Crippen molar-refractivity contribution in [3.63, 3.8) is 0 Å². The number of nitrogens with two attached hydrogens (primary N) is 1. The Kier molecular flexibility index (Phi) is 19.7. The first-order chi connectivity index (χ1) is 38.6. The van der Waals surface area contributed by atoms with E-state index in [1.807, 2.05) is 132 Å². The fraction of sp³-hybridized carbons (Fsp3) is 0.390. The second kappa shape index (κ2) is 25.7. The summed E-state index contributed by atoms with van der Waals surface area (Å²) in [6, 6.07) is 27.3. The number of hydrogen-bond donors (Lipinski definition) is 2. The zero-order chi connectivity index (χ0) is 59.8. The molecule has 0 unspecified atom stereocenters. The number of pyridine rings is 3. The lowest BCUT2D eigenvalue weighted by molar-refractivity contribution is 0.00578. The van der Waals surface area contributed by atoms with E-state index in [1.165, 1.54) is 18.6 Å². The summed E-state index contributed by atoms with van der Waals surface area (Å²) >= 11 is 3.21. The van der Waals surface area contributed by atoms with Crippen LogP contribution < -0.4 is 16.5 Å². The third-order valence-electron chi connectivity index (χ3n) is 15.0. The molecule has 10 rings (SSSR count). The first kappa shape index (κ1) is 62.7. The monoisotopic (exact) mass is 1180 g/mol. The number of anilines is 1. The SMILES string of the molecule is CC1(C)OB(B2OC(C)(C)C(C)(C)O2)OC1(C)C.CCOC(=O)c1cncc(B2OC(C)(C)C(C)(C)O2)c1.CCOC(=O)c1cncc(Br)c1.NC(=O)c1cncc(-c2nc(NCc3ccccc3)c3c(-c4ccccc4)ccn3n2)c1. The number of rotatable bonds is 12. The van der Waals surface area contributed by atoms with Gasteiger partial charge in [0.05, 0.1) is 63.5 Å². The Morgan fingerprint density at radius 2 is 1.06 bits per heavy atom. The first-order valence-corrected chi connectivity index (χ1v) is 27.8. The third kappa shape index (κ3) is 14.8. The normalized spacial score (nSPS) is 17.5. The molecular weight excluding hydrogens is 1110 g/mol. The minimum absolute atomic E-state index is 0.308. The summed E-state index contributed by atoms with van der Waals surface area (Å²) in [5, 5.41) is 8.14. The van der Waals surface area contributed by atoms with Crippen molar-refractivity contribution in [1.29, 1.82) is 0 Å². The molecule has 0 saturated carbocycles. The van der Waals surface area contributed by atoms with Crippen LogP contribution in [-0.2, 0) is 43.9 Å². The van der Waals surface area contributed by atoms with Gasteiger partial charge < -0.3 is 48.5 Å². The van der Waals surface area contributed by atoms with Crippen LogP contribution in [-0.4, -0.2) is 115 Å². The summed E-state index contributed by atoms with van der Waals surface area (Å²) < 4.78 is 48.0. The van der Waals surface area contributed by atoms with Crippen LogP contribution in [0, 0.1) is 0 Å². The van der Waals surface area contributed by atoms with Crippen LogP contribution in [0.2, 0.25) is 0 Å². The lowest BCUT2D eigenvalue weighted by Gasteiger charge is -2.32. The summed E-state index contributed by atoms with van der Waals surface area (Å²) in [5.74, 6) is -0.147. The molecule has 3 fully saturated rings. The predicted molar refractivity (Wildman–Crippen MR) is 320 cm³/mol. The highest BCUT2D eigenvalue weighted by Gasteiger charge is 2.63. The molecule has 0 bridgehead atoms. The molecule has 1 amide bonds. The van der Waals surface area contributed by atoms with Crippen molar-refractivity contribution in [2.75, 3.05) is 18.5 Å². The molecule has 3 N–H and O–H groups in total. The number of halogens is 1. The number of amides is 1. The number of carbonyl (C=O) groups excluding carboxylic acids is 3. The lowest BCUT2D eigenvalue weighted by Crippen LogP contribution is -2.41. The summed E-state index contributed by atoms with van der Waals surface area (Å²) in [4.78, 5) is 51.3. The van der Waals surface area contributed by atoms with Crippen LogP contribution in [0.4, 0.5) is 5.82 Å². The standard InChI is InChI=1S/C25H20N6O.C14H20BNO4.C12H24B2O4.C8H8BrNO2/c26-23(32)19-13-20(16-27-15-19)24-29-25(28-14-17-7-3-1-4-8-17)22-21(11-12-31(22)30-24)18-9-5-2-6-10-18;1-6-18-12(17)10-7-11(9-16-8-10)15-19-13(2,3)14(4,5)20-15;1-9(2)10(3,4)16-13(15-9)14-17-11(5,6)12(7,8)18-14;1-2-12-8(11)6-3-7(9)5-10-4-6/h1-13,15-16H,14H2,(H2,26,32)(H,28,29,30);7-9H,6H2,1-5H3;1-8H3;3-5H,2H2,1H3. The molecule has 0 aliphatic carbocycles. The van der Waals surface area contributed by atoms with Crippen molar-refractivity contribution < 1.29 is 51.8 Å². The molecule has 430 valence electrons. The van der Waals surface area contributed by atoms with Crippen LogP contribution in [0.5, 0.6) is 0 Å². The number of hydrogen-bond acceptors (Lipinski definition) is 17. The molecule has 23 heteroatoms. The minimum Gasteiger partial charge on any atom is -0.462 e. The van der Waals surface area contributed by atoms with E-state index in [2.05, 4.69) is 65.6 Å². The maximum absolute atomic E-state index is 11.7. The molecule has 0 spiro atoms. The molecule has 5 aromatic heterocycles. The van der Waals surface area contributed by atoms with Gasteiger partial charge in [0.25, 0.3) is 0 Å². The van der Waals surface area contributed by atoms with E-state index in [0.717, 1.165) is 26.7 Å². The van der Waals surface area contributed by atoms with E-state index in [4.69, 9.17) is 48.1 Å². The molecule has 3 saturated heterocycles. The van der Waals surface area contributed by atoms with Gasteiger partial charge in [0.1, 0.15) is 5.52 Å². The van der Waals surface area contributed by atoms with Crippen molar-refractivity contribution >= 4 is 71.7 Å². The third-order valence-corrected chi connectivity index (χ3v) is 15.4. The van der Waals surface area contributed by atoms with Crippen LogP contribution >= 0.6 is 15.9 Å². The zero-order valence-corrected chi connectivity index (χ0v) is 50.7. The van der Waals surface area contributed by atoms with Gasteiger partial charge in [0.15, 0.2) is 11.6 Å². The number of nitrogens with zero attached hydrogens (tertiary/aromatic N) is 6. The lowest BCUT2D eigenvalue weighted by atomic mass is 9.49. The second-order valence-corrected chi connectivity index (χ2v) is 23.4. The quantitative estimate of drug-likeness (QED) is 0.0856. The van der Waals surface area contributed by atoms with E-state index in [9.17, 15) is 14.4 Å². The number of carbonyl (C=O) groups is 3. The molecule has 19 nitrogen and oxygen atoms in total. The molecular formula is C59H72B3BrN8O11. The number of esters is 2. The highest BCUT2D eigenvalue weighted by atomic mass is 79.9. The van der Waals surface area contributed by atoms with E-state index in [1.54, 1.807) is 55.2 Å². The molecule has 0 atom stereocenters. The van der Waals surface area contributed by atoms with Crippen molar-refractivity contribution in [2.45, 2.75) is 137 Å². The Balaban J connectivity index is 0.000000168. The Labute approximate surface area is 489 Å². The van der Waals surface area contributed by atoms with Crippen molar-refractivity contribution in [1.82, 2.24) is 29.5 Å². The first-order valence-electron chi connectivity index (χ1n) is 27.0. The summed E-state index contributed by atoms with van der Waals surface area (Å²) in [6.45, 7) is 29.0. The minimum atomic E-state index is -0.546. The summed E-state index contributed by atoms with van der Waals surface area (Å²) in [5.41, 5.74) is 9.75. The van der Waals surface area contributed by atoms with E-state index in [-0.39, 0.29) is 28.4 Å². The van der Waals surface area contributed by atoms with Crippen LogP contribution in [0.25, 0.3) is 28.0 Å². The summed E-state index contributed by atoms with van der Waals surface area (Å²) in [7, 11) is -1.48. The Hall–Kier alpha value is -6.85. The van der Waals surface area contributed by atoms with Gasteiger partial charge in [-0.05, 0) is 148 Å². The second-order valence-electron chi connectivity index (χ2n) is 22.5. The Morgan fingerprint density at radius 3 is 1.57 bits per heavy atom. The number of aromatic nitrogens is 6. The molecule has 82 heavy (non-hydrogen) atoms. The van der Waals surface area contributed by atoms with Gasteiger partial charge in [-0.15, -0.1) is 5.10 Å². The average Bonchev–Trinajstić information content (AvgIpc) is 3.00. The van der Waals surface area contributed by atoms with E-state index >= 15 is 0 Å². The van der Waals surface area contributed by atoms with Gasteiger partial charge in [-0.2, -0.15) is 0 Å². The Bertz CT molecular complexity index is 3270. The van der Waals surface area contributed by atoms with Crippen molar-refractivity contribution in [2.24, 2.45) is 5.73 Å². The van der Waals surface area contributed by atoms with Gasteiger partial charge >= 0.3 is 33.1 Å². The predicted octanol–water partition coefficient (Wildman–Crippen LogP) is 10.00. The molecule has 2 aromatic carbocycles. The fourth-order valence-electron chi connectivity index (χ4n) is 8.23. The molecule has 0 radical (unpaired) electrons. The maximum Gasteiger partial charge on any atom is 0.496 e. The number of primary amides is 1. The Morgan fingerprint density at radius 1 is 0.585 bits per heavy atom. The molecule has 7 aromatic rings. The smallest absolute Gasteiger partial charge is 0.462 e. The fourth-order valence-corrected chi connectivity index (χ4v) is 8.59. The molecule has 8 heterocycles. The van der Waals surface area contributed by atoms with Gasteiger partial charge in [-0.25, -0.2) is 19.1 Å². The van der Waals surface area contributed by atoms with Gasteiger partial charge in [0.2, 0.25) is 5.91 Å². The highest BCUT2D eigenvalue weighted by Crippen LogP contribution is 2.43. The maximum atomic E-state index is 11.7. The molecule has 3 aliphatic rings. The molecule has 3 aliphatic heterocycles. The van der Waals surface area contributed by atoms with Crippen molar-refractivity contribution in [3.8, 4) is 22.5 Å². The topological polar surface area (TPSA) is 232 Å². The van der Waals surface area contributed by atoms with E-state index < -0.39 is 44.2 Å². The summed E-state index contributed by atoms with van der Waals surface area (Å²) in [6.07, 6.45) is 11.2.